The van der Waals surface area contributed by atoms with Gasteiger partial charge in [0.15, 0.2) is 5.69 Å². The number of benzene rings is 1. The SMILES string of the molecule is Cc1ccccc1-c1ccc(C(C)C(C)C)c(C)[n+]1C. The molecular formula is C19H26N+. The molecule has 1 nitrogen and oxygen atoms in total. The maximum atomic E-state index is 2.33. The second kappa shape index (κ2) is 5.78. The van der Waals surface area contributed by atoms with Gasteiger partial charge in [0.1, 0.15) is 7.05 Å². The normalized spacial score (nSPS) is 12.8. The first-order chi connectivity index (χ1) is 9.43. The first kappa shape index (κ1) is 14.8. The van der Waals surface area contributed by atoms with Gasteiger partial charge in [-0.2, -0.15) is 4.57 Å². The Bertz CT molecular complexity index is 611. The van der Waals surface area contributed by atoms with E-state index in [4.69, 9.17) is 0 Å². The Balaban J connectivity index is 2.55. The van der Waals surface area contributed by atoms with Crippen molar-refractivity contribution in [1.29, 1.82) is 0 Å². The van der Waals surface area contributed by atoms with Gasteiger partial charge < -0.3 is 0 Å². The van der Waals surface area contributed by atoms with E-state index < -0.39 is 0 Å². The fraction of sp³-hybridized carbons (Fsp3) is 0.421. The van der Waals surface area contributed by atoms with E-state index in [2.05, 4.69) is 82.6 Å². The van der Waals surface area contributed by atoms with E-state index in [0.717, 1.165) is 0 Å². The standard InChI is InChI=1S/C19H26N/c1-13(2)15(4)18-11-12-19(20(6)16(18)5)17-10-8-7-9-14(17)3/h7-13,15H,1-6H3/q+1. The molecule has 1 unspecified atom stereocenters. The number of rotatable bonds is 3. The summed E-state index contributed by atoms with van der Waals surface area (Å²) in [6.45, 7) is 11.3. The third-order valence-electron chi connectivity index (χ3n) is 4.61. The molecule has 0 bridgehead atoms. The van der Waals surface area contributed by atoms with Crippen LogP contribution in [-0.2, 0) is 7.05 Å². The average molecular weight is 268 g/mol. The first-order valence-corrected chi connectivity index (χ1v) is 7.49. The minimum absolute atomic E-state index is 0.590. The topological polar surface area (TPSA) is 3.88 Å². The zero-order valence-corrected chi connectivity index (χ0v) is 13.6. The molecule has 0 aliphatic carbocycles. The largest absolute Gasteiger partial charge is 0.212 e. The van der Waals surface area contributed by atoms with Crippen LogP contribution < -0.4 is 4.57 Å². The van der Waals surface area contributed by atoms with Crippen molar-refractivity contribution in [2.75, 3.05) is 0 Å². The van der Waals surface area contributed by atoms with Gasteiger partial charge in [-0.25, -0.2) is 0 Å². The quantitative estimate of drug-likeness (QED) is 0.719. The molecule has 0 aliphatic heterocycles. The molecule has 0 N–H and O–H groups in total. The van der Waals surface area contributed by atoms with Crippen LogP contribution in [0.4, 0.5) is 0 Å². The van der Waals surface area contributed by atoms with Gasteiger partial charge in [0.2, 0.25) is 5.69 Å². The van der Waals surface area contributed by atoms with Crippen LogP contribution in [-0.4, -0.2) is 0 Å². The molecule has 1 aromatic carbocycles. The fourth-order valence-electron chi connectivity index (χ4n) is 2.75. The summed E-state index contributed by atoms with van der Waals surface area (Å²) in [5.41, 5.74) is 6.76. The van der Waals surface area contributed by atoms with Crippen LogP contribution in [0.15, 0.2) is 36.4 Å². The maximum absolute atomic E-state index is 2.33. The monoisotopic (exact) mass is 268 g/mol. The summed E-state index contributed by atoms with van der Waals surface area (Å²) in [4.78, 5) is 0. The lowest BCUT2D eigenvalue weighted by molar-refractivity contribution is -0.667. The molecular weight excluding hydrogens is 242 g/mol. The molecule has 1 heterocycles. The molecule has 1 atom stereocenters. The summed E-state index contributed by atoms with van der Waals surface area (Å²) in [7, 11) is 2.17. The molecule has 106 valence electrons. The zero-order valence-electron chi connectivity index (χ0n) is 13.6. The van der Waals surface area contributed by atoms with Gasteiger partial charge >= 0.3 is 0 Å². The van der Waals surface area contributed by atoms with Gasteiger partial charge in [0.25, 0.3) is 0 Å². The highest BCUT2D eigenvalue weighted by atomic mass is 14.9. The van der Waals surface area contributed by atoms with Gasteiger partial charge in [0, 0.05) is 24.1 Å². The van der Waals surface area contributed by atoms with E-state index in [-0.39, 0.29) is 0 Å². The number of hydrogen-bond donors (Lipinski definition) is 0. The van der Waals surface area contributed by atoms with Gasteiger partial charge in [-0.1, -0.05) is 39.0 Å². The van der Waals surface area contributed by atoms with E-state index in [9.17, 15) is 0 Å². The van der Waals surface area contributed by atoms with Crippen molar-refractivity contribution in [3.63, 3.8) is 0 Å². The molecule has 0 saturated heterocycles. The Morgan fingerprint density at radius 2 is 1.55 bits per heavy atom. The molecule has 0 aliphatic rings. The van der Waals surface area contributed by atoms with E-state index in [1.807, 2.05) is 0 Å². The van der Waals surface area contributed by atoms with E-state index >= 15 is 0 Å². The van der Waals surface area contributed by atoms with Crippen molar-refractivity contribution < 1.29 is 4.57 Å². The Kier molecular flexibility index (Phi) is 4.27. The van der Waals surface area contributed by atoms with Crippen molar-refractivity contribution in [2.45, 2.75) is 40.5 Å². The second-order valence-corrected chi connectivity index (χ2v) is 6.17. The van der Waals surface area contributed by atoms with Gasteiger partial charge in [0.05, 0.1) is 0 Å². The minimum Gasteiger partial charge on any atom is -0.198 e. The van der Waals surface area contributed by atoms with E-state index in [0.29, 0.717) is 11.8 Å². The van der Waals surface area contributed by atoms with Crippen molar-refractivity contribution in [1.82, 2.24) is 0 Å². The molecule has 20 heavy (non-hydrogen) atoms. The van der Waals surface area contributed by atoms with Crippen molar-refractivity contribution >= 4 is 0 Å². The average Bonchev–Trinajstić information content (AvgIpc) is 2.42. The third kappa shape index (κ3) is 2.63. The number of aryl methyl sites for hydroxylation is 1. The molecule has 1 heteroatoms. The maximum Gasteiger partial charge on any atom is 0.212 e. The Morgan fingerprint density at radius 3 is 2.15 bits per heavy atom. The second-order valence-electron chi connectivity index (χ2n) is 6.17. The minimum atomic E-state index is 0.590. The van der Waals surface area contributed by atoms with Gasteiger partial charge in [-0.3, -0.25) is 0 Å². The van der Waals surface area contributed by atoms with Crippen LogP contribution in [0, 0.1) is 19.8 Å². The zero-order chi connectivity index (χ0) is 14.9. The highest BCUT2D eigenvalue weighted by Gasteiger charge is 2.21. The lowest BCUT2D eigenvalue weighted by Crippen LogP contribution is -2.36. The number of nitrogens with zero attached hydrogens (tertiary/aromatic N) is 1. The van der Waals surface area contributed by atoms with Gasteiger partial charge in [-0.15, -0.1) is 0 Å². The molecule has 0 amide bonds. The first-order valence-electron chi connectivity index (χ1n) is 7.49. The summed E-state index contributed by atoms with van der Waals surface area (Å²) in [6.07, 6.45) is 0. The highest BCUT2D eigenvalue weighted by molar-refractivity contribution is 5.61. The van der Waals surface area contributed by atoms with Crippen LogP contribution in [0.3, 0.4) is 0 Å². The lowest BCUT2D eigenvalue weighted by Gasteiger charge is -2.17. The van der Waals surface area contributed by atoms with Crippen molar-refractivity contribution in [3.05, 3.63) is 53.2 Å². The van der Waals surface area contributed by atoms with Crippen molar-refractivity contribution in [3.8, 4) is 11.3 Å². The Hall–Kier alpha value is -1.63. The predicted molar refractivity (Wildman–Crippen MR) is 85.8 cm³/mol. The smallest absolute Gasteiger partial charge is 0.198 e. The molecule has 2 rings (SSSR count). The number of aromatic nitrogens is 1. The Labute approximate surface area is 123 Å². The number of pyridine rings is 1. The highest BCUT2D eigenvalue weighted by Crippen LogP contribution is 2.27. The number of hydrogen-bond acceptors (Lipinski definition) is 0. The summed E-state index contributed by atoms with van der Waals surface area (Å²) in [6, 6.07) is 13.2. The molecule has 0 radical (unpaired) electrons. The molecule has 0 spiro atoms. The predicted octanol–water partition coefficient (Wildman–Crippen LogP) is 4.55. The molecule has 0 saturated carbocycles. The van der Waals surface area contributed by atoms with E-state index in [1.165, 1.54) is 28.1 Å². The van der Waals surface area contributed by atoms with Crippen LogP contribution in [0.2, 0.25) is 0 Å². The summed E-state index contributed by atoms with van der Waals surface area (Å²) >= 11 is 0. The van der Waals surface area contributed by atoms with Crippen LogP contribution >= 0.6 is 0 Å². The van der Waals surface area contributed by atoms with Crippen LogP contribution in [0.25, 0.3) is 11.3 Å². The van der Waals surface area contributed by atoms with Gasteiger partial charge in [-0.05, 0) is 36.5 Å². The molecule has 1 aromatic heterocycles. The van der Waals surface area contributed by atoms with E-state index in [1.54, 1.807) is 0 Å². The van der Waals surface area contributed by atoms with Crippen LogP contribution in [0.1, 0.15) is 43.5 Å². The summed E-state index contributed by atoms with van der Waals surface area (Å²) in [5.74, 6) is 1.25. The lowest BCUT2D eigenvalue weighted by atomic mass is 9.88. The third-order valence-corrected chi connectivity index (χ3v) is 4.61. The molecule has 2 aromatic rings. The molecule has 0 fully saturated rings. The summed E-state index contributed by atoms with van der Waals surface area (Å²) < 4.78 is 2.33. The summed E-state index contributed by atoms with van der Waals surface area (Å²) in [5, 5.41) is 0. The fourth-order valence-corrected chi connectivity index (χ4v) is 2.75. The Morgan fingerprint density at radius 1 is 0.900 bits per heavy atom. The van der Waals surface area contributed by atoms with Crippen molar-refractivity contribution in [2.24, 2.45) is 13.0 Å². The van der Waals surface area contributed by atoms with Crippen LogP contribution in [0.5, 0.6) is 0 Å².